The average molecular weight is 766 g/mol. The van der Waals surface area contributed by atoms with Crippen LogP contribution in [0.1, 0.15) is 113 Å². The van der Waals surface area contributed by atoms with Crippen molar-refractivity contribution in [2.45, 2.75) is 110 Å². The molecule has 1 aliphatic rings. The molecule has 0 unspecified atom stereocenters. The van der Waals surface area contributed by atoms with Crippen molar-refractivity contribution < 1.29 is 9.59 Å². The molecule has 3 nitrogen and oxygen atoms in total. The number of hydrogen-bond donors (Lipinski definition) is 0. The van der Waals surface area contributed by atoms with Crippen LogP contribution in [0.5, 0.6) is 0 Å². The molecule has 0 saturated heterocycles. The molecule has 6 aromatic carbocycles. The SMILES string of the molecule is CCCCCCCC(=O)C1(C(=O)CCCCCCC)c2cc(-c3ccc(C)cc3)ccc2-c2ccc(-c3ccc(N(c4ccccc4)c4ccc(C)cc4)cc3)cc21. The molecule has 0 heterocycles. The molecule has 0 bridgehead atoms. The highest BCUT2D eigenvalue weighted by Gasteiger charge is 2.53. The predicted molar refractivity (Wildman–Crippen MR) is 244 cm³/mol. The Hall–Kier alpha value is -5.54. The van der Waals surface area contributed by atoms with Gasteiger partial charge in [0.05, 0.1) is 0 Å². The van der Waals surface area contributed by atoms with E-state index in [4.69, 9.17) is 0 Å². The minimum Gasteiger partial charge on any atom is -0.311 e. The zero-order chi connectivity index (χ0) is 40.5. The second-order valence-electron chi connectivity index (χ2n) is 16.4. The van der Waals surface area contributed by atoms with E-state index < -0.39 is 5.41 Å². The van der Waals surface area contributed by atoms with Gasteiger partial charge in [0.1, 0.15) is 5.41 Å². The number of ketones is 2. The quantitative estimate of drug-likeness (QED) is 0.0609. The van der Waals surface area contributed by atoms with E-state index in [1.807, 2.05) is 6.07 Å². The standard InChI is InChI=1S/C55H59NO2/c1-5-7-9-11-16-20-53(57)55(54(58)21-17-12-10-8-6-2)51-38-44(42-26-22-40(3)23-27-42)30-36-49(51)50-37-31-45(39-52(50)55)43-28-34-48(35-29-43)56(46-18-14-13-15-19-46)47-32-24-41(4)25-33-47/h13-15,18-19,22-39H,5-12,16-17,20-21H2,1-4H3. The number of carbonyl (C=O) groups is 2. The van der Waals surface area contributed by atoms with Gasteiger partial charge in [0.25, 0.3) is 0 Å². The van der Waals surface area contributed by atoms with Crippen molar-refractivity contribution in [1.29, 1.82) is 0 Å². The summed E-state index contributed by atoms with van der Waals surface area (Å²) >= 11 is 0. The first-order valence-electron chi connectivity index (χ1n) is 21.8. The lowest BCUT2D eigenvalue weighted by molar-refractivity contribution is -0.133. The second kappa shape index (κ2) is 18.8. The van der Waals surface area contributed by atoms with Crippen molar-refractivity contribution in [3.05, 3.63) is 162 Å². The molecule has 0 aliphatic heterocycles. The zero-order valence-corrected chi connectivity index (χ0v) is 35.0. The van der Waals surface area contributed by atoms with Crippen molar-refractivity contribution in [2.75, 3.05) is 4.90 Å². The third kappa shape index (κ3) is 8.51. The van der Waals surface area contributed by atoms with Crippen LogP contribution in [0, 0.1) is 13.8 Å². The van der Waals surface area contributed by atoms with Crippen molar-refractivity contribution in [1.82, 2.24) is 0 Å². The fourth-order valence-corrected chi connectivity index (χ4v) is 8.86. The summed E-state index contributed by atoms with van der Waals surface area (Å²) in [6.07, 6.45) is 11.2. The Bertz CT molecular complexity index is 2280. The van der Waals surface area contributed by atoms with Crippen molar-refractivity contribution in [2.24, 2.45) is 0 Å². The molecule has 296 valence electrons. The molecule has 0 fully saturated rings. The smallest absolute Gasteiger partial charge is 0.155 e. The van der Waals surface area contributed by atoms with Crippen LogP contribution in [0.4, 0.5) is 17.1 Å². The van der Waals surface area contributed by atoms with Gasteiger partial charge in [0.2, 0.25) is 0 Å². The Kier molecular flexibility index (Phi) is 13.2. The van der Waals surface area contributed by atoms with E-state index in [9.17, 15) is 0 Å². The summed E-state index contributed by atoms with van der Waals surface area (Å²) < 4.78 is 0. The molecule has 0 spiro atoms. The monoisotopic (exact) mass is 765 g/mol. The van der Waals surface area contributed by atoms with Crippen LogP contribution >= 0.6 is 0 Å². The molecule has 0 amide bonds. The van der Waals surface area contributed by atoms with Crippen LogP contribution in [-0.4, -0.2) is 11.6 Å². The number of carbonyl (C=O) groups excluding carboxylic acids is 2. The number of unbranched alkanes of at least 4 members (excludes halogenated alkanes) is 8. The maximum atomic E-state index is 15.2. The number of anilines is 3. The fourth-order valence-electron chi connectivity index (χ4n) is 8.86. The van der Waals surface area contributed by atoms with Gasteiger partial charge in [-0.15, -0.1) is 0 Å². The molecular formula is C55H59NO2. The first-order chi connectivity index (χ1) is 28.3. The predicted octanol–water partition coefficient (Wildman–Crippen LogP) is 15.2. The van der Waals surface area contributed by atoms with Crippen LogP contribution in [0.15, 0.2) is 140 Å². The largest absolute Gasteiger partial charge is 0.311 e. The molecule has 0 saturated carbocycles. The van der Waals surface area contributed by atoms with E-state index in [1.54, 1.807) is 0 Å². The highest BCUT2D eigenvalue weighted by atomic mass is 16.2. The van der Waals surface area contributed by atoms with Gasteiger partial charge in [-0.2, -0.15) is 0 Å². The van der Waals surface area contributed by atoms with E-state index in [1.165, 1.54) is 11.1 Å². The summed E-state index contributed by atoms with van der Waals surface area (Å²) in [6, 6.07) is 49.3. The maximum absolute atomic E-state index is 15.2. The molecule has 58 heavy (non-hydrogen) atoms. The minimum atomic E-state index is -1.34. The summed E-state index contributed by atoms with van der Waals surface area (Å²) in [5, 5.41) is 0. The summed E-state index contributed by atoms with van der Waals surface area (Å²) in [5.74, 6) is 0.0976. The summed E-state index contributed by atoms with van der Waals surface area (Å²) in [7, 11) is 0. The van der Waals surface area contributed by atoms with Crippen LogP contribution < -0.4 is 4.90 Å². The van der Waals surface area contributed by atoms with Gasteiger partial charge in [0.15, 0.2) is 11.6 Å². The lowest BCUT2D eigenvalue weighted by Crippen LogP contribution is -2.43. The van der Waals surface area contributed by atoms with Crippen molar-refractivity contribution in [3.63, 3.8) is 0 Å². The first kappa shape index (κ1) is 40.6. The molecular weight excluding hydrogens is 707 g/mol. The Balaban J connectivity index is 1.33. The van der Waals surface area contributed by atoms with Gasteiger partial charge in [-0.05, 0) is 120 Å². The molecule has 0 aromatic heterocycles. The van der Waals surface area contributed by atoms with Gasteiger partial charge in [-0.3, -0.25) is 9.59 Å². The molecule has 6 aromatic rings. The Morgan fingerprint density at radius 1 is 0.431 bits per heavy atom. The van der Waals surface area contributed by atoms with Gasteiger partial charge in [0, 0.05) is 29.9 Å². The summed E-state index contributed by atoms with van der Waals surface area (Å²) in [4.78, 5) is 32.7. The number of hydrogen-bond acceptors (Lipinski definition) is 3. The van der Waals surface area contributed by atoms with Gasteiger partial charge >= 0.3 is 0 Å². The molecule has 7 rings (SSSR count). The van der Waals surface area contributed by atoms with Crippen LogP contribution in [-0.2, 0) is 15.0 Å². The number of aryl methyl sites for hydroxylation is 2. The average Bonchev–Trinajstić information content (AvgIpc) is 3.55. The maximum Gasteiger partial charge on any atom is 0.155 e. The van der Waals surface area contributed by atoms with Gasteiger partial charge < -0.3 is 4.90 Å². The summed E-state index contributed by atoms with van der Waals surface area (Å²) in [6.45, 7) is 8.64. The third-order valence-corrected chi connectivity index (χ3v) is 12.1. The molecule has 0 N–H and O–H groups in total. The number of fused-ring (bicyclic) bond motifs is 3. The third-order valence-electron chi connectivity index (χ3n) is 12.1. The van der Waals surface area contributed by atoms with E-state index in [2.05, 4.69) is 166 Å². The lowest BCUT2D eigenvalue weighted by Gasteiger charge is -2.30. The normalized spacial score (nSPS) is 12.6. The Morgan fingerprint density at radius 2 is 0.810 bits per heavy atom. The van der Waals surface area contributed by atoms with Crippen LogP contribution in [0.2, 0.25) is 0 Å². The first-order valence-corrected chi connectivity index (χ1v) is 21.8. The molecule has 3 heteroatoms. The fraction of sp³-hybridized carbons (Fsp3) is 0.309. The van der Waals surface area contributed by atoms with E-state index in [0.29, 0.717) is 12.8 Å². The highest BCUT2D eigenvalue weighted by Crippen LogP contribution is 2.53. The minimum absolute atomic E-state index is 0.0488. The number of Topliss-reactive ketones (excluding diaryl/α,β-unsaturated/α-hetero) is 2. The Labute approximate surface area is 347 Å². The number of rotatable bonds is 19. The van der Waals surface area contributed by atoms with E-state index in [0.717, 1.165) is 126 Å². The number of para-hydroxylation sites is 1. The summed E-state index contributed by atoms with van der Waals surface area (Å²) in [5.41, 5.74) is 12.2. The van der Waals surface area contributed by atoms with Crippen molar-refractivity contribution in [3.8, 4) is 33.4 Å². The Morgan fingerprint density at radius 3 is 1.28 bits per heavy atom. The zero-order valence-electron chi connectivity index (χ0n) is 35.0. The molecule has 0 atom stereocenters. The van der Waals surface area contributed by atoms with Crippen molar-refractivity contribution >= 4 is 28.6 Å². The van der Waals surface area contributed by atoms with E-state index >= 15 is 9.59 Å². The lowest BCUT2D eigenvalue weighted by atomic mass is 9.68. The van der Waals surface area contributed by atoms with Gasteiger partial charge in [-0.1, -0.05) is 167 Å². The van der Waals surface area contributed by atoms with Crippen LogP contribution in [0.25, 0.3) is 33.4 Å². The molecule has 0 radical (unpaired) electrons. The highest BCUT2D eigenvalue weighted by molar-refractivity contribution is 6.20. The number of nitrogens with zero attached hydrogens (tertiary/aromatic N) is 1. The topological polar surface area (TPSA) is 37.4 Å². The van der Waals surface area contributed by atoms with Gasteiger partial charge in [-0.25, -0.2) is 0 Å². The molecule has 1 aliphatic carbocycles. The second-order valence-corrected chi connectivity index (χ2v) is 16.4. The van der Waals surface area contributed by atoms with E-state index in [-0.39, 0.29) is 11.6 Å². The van der Waals surface area contributed by atoms with Crippen LogP contribution in [0.3, 0.4) is 0 Å². The number of benzene rings is 6.